The predicted octanol–water partition coefficient (Wildman–Crippen LogP) is 3.89. The van der Waals surface area contributed by atoms with Crippen molar-refractivity contribution in [2.75, 3.05) is 0 Å². The van der Waals surface area contributed by atoms with E-state index in [0.717, 1.165) is 10.9 Å². The lowest BCUT2D eigenvalue weighted by Gasteiger charge is -2.24. The first-order valence-corrected chi connectivity index (χ1v) is 9.21. The van der Waals surface area contributed by atoms with Crippen LogP contribution < -0.4 is 10.9 Å². The third-order valence-corrected chi connectivity index (χ3v) is 6.52. The van der Waals surface area contributed by atoms with Crippen molar-refractivity contribution >= 4 is 26.6 Å². The number of hydrogen-bond acceptors (Lipinski definition) is 0. The van der Waals surface area contributed by atoms with Gasteiger partial charge in [-0.3, -0.25) is 0 Å². The lowest BCUT2D eigenvalue weighted by Crippen LogP contribution is -2.18. The molecular formula is C24H20B2. The predicted molar refractivity (Wildman–Crippen MR) is 112 cm³/mol. The third kappa shape index (κ3) is 1.83. The summed E-state index contributed by atoms with van der Waals surface area (Å²) in [4.78, 5) is 0. The minimum absolute atomic E-state index is 0.0459. The zero-order valence-electron chi connectivity index (χ0n) is 15.8. The summed E-state index contributed by atoms with van der Waals surface area (Å²) in [5.41, 5.74) is 12.3. The number of hydrogen-bond donors (Lipinski definition) is 0. The van der Waals surface area contributed by atoms with Crippen LogP contribution in [0.15, 0.2) is 48.5 Å². The highest BCUT2D eigenvalue weighted by atomic mass is 14.4. The van der Waals surface area contributed by atoms with Crippen LogP contribution in [0.25, 0.3) is 22.3 Å². The molecule has 0 saturated carbocycles. The minimum atomic E-state index is -0.0459. The Morgan fingerprint density at radius 3 is 1.23 bits per heavy atom. The Labute approximate surface area is 158 Å². The molecule has 0 aromatic heterocycles. The average molecular weight is 330 g/mol. The molecular weight excluding hydrogens is 310 g/mol. The lowest BCUT2D eigenvalue weighted by atomic mass is 9.78. The van der Waals surface area contributed by atoms with Crippen LogP contribution in [0, 0.1) is 0 Å². The van der Waals surface area contributed by atoms with Crippen molar-refractivity contribution in [3.8, 4) is 22.3 Å². The molecule has 2 heteroatoms. The molecule has 2 aliphatic rings. The topological polar surface area (TPSA) is 0 Å². The van der Waals surface area contributed by atoms with Crippen LogP contribution >= 0.6 is 0 Å². The van der Waals surface area contributed by atoms with E-state index in [4.69, 9.17) is 15.7 Å². The van der Waals surface area contributed by atoms with Crippen molar-refractivity contribution < 1.29 is 0 Å². The van der Waals surface area contributed by atoms with Gasteiger partial charge in [-0.2, -0.15) is 0 Å². The molecule has 0 N–H and O–H groups in total. The monoisotopic (exact) mass is 330 g/mol. The summed E-state index contributed by atoms with van der Waals surface area (Å²) in [6, 6.07) is 17.5. The van der Waals surface area contributed by atoms with Gasteiger partial charge in [0.1, 0.15) is 15.7 Å². The quantitative estimate of drug-likeness (QED) is 0.549. The van der Waals surface area contributed by atoms with E-state index in [1.54, 1.807) is 0 Å². The van der Waals surface area contributed by atoms with Crippen molar-refractivity contribution in [3.05, 3.63) is 70.8 Å². The first-order valence-electron chi connectivity index (χ1n) is 9.21. The number of rotatable bonds is 0. The van der Waals surface area contributed by atoms with E-state index in [1.807, 2.05) is 12.1 Å². The molecule has 2 aliphatic carbocycles. The zero-order valence-corrected chi connectivity index (χ0v) is 15.8. The third-order valence-electron chi connectivity index (χ3n) is 6.52. The molecule has 0 amide bonds. The first kappa shape index (κ1) is 16.0. The molecule has 26 heavy (non-hydrogen) atoms. The highest BCUT2D eigenvalue weighted by Crippen LogP contribution is 2.55. The Hall–Kier alpha value is -2.21. The molecule has 0 aliphatic heterocycles. The van der Waals surface area contributed by atoms with Crippen LogP contribution in [-0.2, 0) is 10.8 Å². The molecule has 0 heterocycles. The fourth-order valence-electron chi connectivity index (χ4n) is 5.00. The maximum absolute atomic E-state index is 6.09. The van der Waals surface area contributed by atoms with Gasteiger partial charge >= 0.3 is 0 Å². The van der Waals surface area contributed by atoms with E-state index in [1.165, 1.54) is 44.5 Å². The van der Waals surface area contributed by atoms with Crippen molar-refractivity contribution in [1.29, 1.82) is 0 Å². The van der Waals surface area contributed by atoms with Gasteiger partial charge in [0.2, 0.25) is 0 Å². The lowest BCUT2D eigenvalue weighted by molar-refractivity contribution is 0.652. The molecule has 3 aromatic rings. The molecule has 4 radical (unpaired) electrons. The van der Waals surface area contributed by atoms with E-state index in [9.17, 15) is 0 Å². The Morgan fingerprint density at radius 2 is 0.846 bits per heavy atom. The van der Waals surface area contributed by atoms with Gasteiger partial charge in [-0.15, -0.1) is 0 Å². The molecule has 5 rings (SSSR count). The minimum Gasteiger partial charge on any atom is -0.0963 e. The van der Waals surface area contributed by atoms with Gasteiger partial charge in [-0.25, -0.2) is 0 Å². The molecule has 0 nitrogen and oxygen atoms in total. The Balaban J connectivity index is 1.84. The SMILES string of the molecule is [B]c1ccc2c(c1)C(C)(C)c1cc3c(cc1-2)C(C)(C)c1cc([B])ccc1-3. The van der Waals surface area contributed by atoms with E-state index in [2.05, 4.69) is 64.1 Å². The number of benzene rings is 3. The summed E-state index contributed by atoms with van der Waals surface area (Å²) in [5, 5.41) is 0. The Bertz CT molecular complexity index is 1010. The van der Waals surface area contributed by atoms with Gasteiger partial charge in [-0.1, -0.05) is 75.0 Å². The Morgan fingerprint density at radius 1 is 0.500 bits per heavy atom. The molecule has 122 valence electrons. The first-order chi connectivity index (χ1) is 12.2. The molecule has 0 unspecified atom stereocenters. The molecule has 0 spiro atoms. The second-order valence-electron chi connectivity index (χ2n) is 8.80. The highest BCUT2D eigenvalue weighted by molar-refractivity contribution is 6.33. The van der Waals surface area contributed by atoms with Crippen molar-refractivity contribution in [2.45, 2.75) is 38.5 Å². The van der Waals surface area contributed by atoms with Gasteiger partial charge in [-0.05, 0) is 56.6 Å². The summed E-state index contributed by atoms with van der Waals surface area (Å²) in [6.07, 6.45) is 0. The Kier molecular flexibility index (Phi) is 2.92. The molecule has 0 atom stereocenters. The maximum atomic E-state index is 6.09. The summed E-state index contributed by atoms with van der Waals surface area (Å²) in [7, 11) is 12.2. The maximum Gasteiger partial charge on any atom is 0.113 e. The van der Waals surface area contributed by atoms with Crippen LogP contribution in [-0.4, -0.2) is 15.7 Å². The van der Waals surface area contributed by atoms with Crippen LogP contribution in [0.5, 0.6) is 0 Å². The van der Waals surface area contributed by atoms with Crippen LogP contribution in [0.3, 0.4) is 0 Å². The van der Waals surface area contributed by atoms with Crippen molar-refractivity contribution in [3.63, 3.8) is 0 Å². The van der Waals surface area contributed by atoms with E-state index >= 15 is 0 Å². The second-order valence-corrected chi connectivity index (χ2v) is 8.80. The van der Waals surface area contributed by atoms with E-state index < -0.39 is 0 Å². The average Bonchev–Trinajstić information content (AvgIpc) is 2.93. The molecule has 3 aromatic carbocycles. The normalized spacial score (nSPS) is 17.4. The van der Waals surface area contributed by atoms with Crippen molar-refractivity contribution in [2.24, 2.45) is 0 Å². The smallest absolute Gasteiger partial charge is 0.0963 e. The fraction of sp³-hybridized carbons (Fsp3) is 0.250. The molecule has 0 saturated heterocycles. The molecule has 0 bridgehead atoms. The van der Waals surface area contributed by atoms with E-state index in [-0.39, 0.29) is 10.8 Å². The van der Waals surface area contributed by atoms with Crippen LogP contribution in [0.4, 0.5) is 0 Å². The van der Waals surface area contributed by atoms with Gasteiger partial charge < -0.3 is 0 Å². The van der Waals surface area contributed by atoms with Crippen LogP contribution in [0.2, 0.25) is 0 Å². The second kappa shape index (κ2) is 4.74. The van der Waals surface area contributed by atoms with Gasteiger partial charge in [0, 0.05) is 10.8 Å². The van der Waals surface area contributed by atoms with E-state index in [0.29, 0.717) is 0 Å². The van der Waals surface area contributed by atoms with Gasteiger partial charge in [0.25, 0.3) is 0 Å². The van der Waals surface area contributed by atoms with Crippen molar-refractivity contribution in [1.82, 2.24) is 0 Å². The van der Waals surface area contributed by atoms with Gasteiger partial charge in [0.05, 0.1) is 0 Å². The number of fused-ring (bicyclic) bond motifs is 6. The van der Waals surface area contributed by atoms with Gasteiger partial charge in [0.15, 0.2) is 0 Å². The summed E-state index contributed by atoms with van der Waals surface area (Å²) in [5.74, 6) is 0. The summed E-state index contributed by atoms with van der Waals surface area (Å²) >= 11 is 0. The summed E-state index contributed by atoms with van der Waals surface area (Å²) in [6.45, 7) is 9.20. The molecule has 0 fully saturated rings. The largest absolute Gasteiger partial charge is 0.113 e. The zero-order chi connectivity index (χ0) is 18.4. The summed E-state index contributed by atoms with van der Waals surface area (Å²) < 4.78 is 0. The van der Waals surface area contributed by atoms with Crippen LogP contribution in [0.1, 0.15) is 49.9 Å². The highest BCUT2D eigenvalue weighted by Gasteiger charge is 2.41. The standard InChI is InChI=1S/C24H20B2/c1-23(2)19-9-13(25)5-7-15(19)17-12-22-18(11-21(17)23)16-8-6-14(26)10-20(16)24(22,3)4/h5-12H,1-4H3. The fourth-order valence-corrected chi connectivity index (χ4v) is 5.00.